The topological polar surface area (TPSA) is 0 Å². The number of rotatable bonds is 3. The Kier molecular flexibility index (Phi) is 5.86. The van der Waals surface area contributed by atoms with E-state index in [1.165, 1.54) is 110 Å². The number of hydrogen-bond acceptors (Lipinski definition) is 0. The van der Waals surface area contributed by atoms with E-state index in [9.17, 15) is 0 Å². The van der Waals surface area contributed by atoms with Crippen LogP contribution in [0.3, 0.4) is 0 Å². The Morgan fingerprint density at radius 3 is 1.61 bits per heavy atom. The van der Waals surface area contributed by atoms with Gasteiger partial charge in [-0.15, -0.1) is 0 Å². The molecule has 0 aliphatic heterocycles. The first-order chi connectivity index (χ1) is 22.4. The third-order valence-electron chi connectivity index (χ3n) is 10.1. The minimum Gasteiger partial charge on any atom is -0.0622 e. The fraction of sp³-hybridized carbons (Fsp3) is 0.0870. The number of aryl methyl sites for hydroxylation is 4. The van der Waals surface area contributed by atoms with Gasteiger partial charge in [0.15, 0.2) is 0 Å². The van der Waals surface area contributed by atoms with Gasteiger partial charge in [0.05, 0.1) is 0 Å². The van der Waals surface area contributed by atoms with Crippen molar-refractivity contribution in [2.75, 3.05) is 0 Å². The molecule has 0 unspecified atom stereocenters. The highest BCUT2D eigenvalue weighted by Crippen LogP contribution is 2.53. The molecule has 0 radical (unpaired) electrons. The molecule has 0 saturated heterocycles. The molecular formula is C46H34. The molecule has 0 nitrogen and oxygen atoms in total. The van der Waals surface area contributed by atoms with Crippen molar-refractivity contribution >= 4 is 32.3 Å². The lowest BCUT2D eigenvalue weighted by Gasteiger charge is -2.17. The zero-order chi connectivity index (χ0) is 31.1. The molecule has 8 aromatic carbocycles. The zero-order valence-electron chi connectivity index (χ0n) is 26.7. The molecule has 0 heteroatoms. The molecule has 1 aliphatic rings. The Morgan fingerprint density at radius 2 is 0.913 bits per heavy atom. The van der Waals surface area contributed by atoms with Crippen molar-refractivity contribution in [2.24, 2.45) is 0 Å². The summed E-state index contributed by atoms with van der Waals surface area (Å²) >= 11 is 0. The number of fused-ring (bicyclic) bond motifs is 7. The molecule has 0 fully saturated rings. The molecule has 0 saturated carbocycles. The lowest BCUT2D eigenvalue weighted by atomic mass is 9.86. The zero-order valence-corrected chi connectivity index (χ0v) is 26.7. The minimum atomic E-state index is 1.23. The average molecular weight is 587 g/mol. The van der Waals surface area contributed by atoms with Crippen molar-refractivity contribution in [3.63, 3.8) is 0 Å². The van der Waals surface area contributed by atoms with Crippen molar-refractivity contribution in [1.29, 1.82) is 0 Å². The van der Waals surface area contributed by atoms with Crippen LogP contribution in [0.4, 0.5) is 0 Å². The van der Waals surface area contributed by atoms with Crippen LogP contribution in [0.2, 0.25) is 0 Å². The van der Waals surface area contributed by atoms with Gasteiger partial charge >= 0.3 is 0 Å². The van der Waals surface area contributed by atoms with E-state index in [1.807, 2.05) is 0 Å². The van der Waals surface area contributed by atoms with Crippen molar-refractivity contribution in [3.05, 3.63) is 156 Å². The highest BCUT2D eigenvalue weighted by Gasteiger charge is 2.27. The van der Waals surface area contributed by atoms with E-state index < -0.39 is 0 Å². The third-order valence-corrected chi connectivity index (χ3v) is 10.1. The number of hydrogen-bond donors (Lipinski definition) is 0. The molecular weight excluding hydrogens is 553 g/mol. The minimum absolute atomic E-state index is 1.23. The quantitative estimate of drug-likeness (QED) is 0.181. The van der Waals surface area contributed by atoms with E-state index >= 15 is 0 Å². The summed E-state index contributed by atoms with van der Waals surface area (Å²) in [6.45, 7) is 8.97. The Morgan fingerprint density at radius 1 is 0.304 bits per heavy atom. The first-order valence-electron chi connectivity index (χ1n) is 16.3. The second kappa shape index (κ2) is 10.0. The molecule has 0 N–H and O–H groups in total. The van der Waals surface area contributed by atoms with Crippen LogP contribution in [0.1, 0.15) is 22.3 Å². The van der Waals surface area contributed by atoms with Crippen molar-refractivity contribution in [2.45, 2.75) is 27.7 Å². The molecule has 46 heavy (non-hydrogen) atoms. The maximum atomic E-state index is 2.49. The fourth-order valence-corrected chi connectivity index (χ4v) is 8.03. The first kappa shape index (κ1) is 26.9. The molecule has 0 amide bonds. The van der Waals surface area contributed by atoms with Crippen LogP contribution < -0.4 is 0 Å². The summed E-state index contributed by atoms with van der Waals surface area (Å²) < 4.78 is 0. The van der Waals surface area contributed by atoms with E-state index in [4.69, 9.17) is 0 Å². The van der Waals surface area contributed by atoms with E-state index in [-0.39, 0.29) is 0 Å². The van der Waals surface area contributed by atoms with Gasteiger partial charge in [-0.25, -0.2) is 0 Å². The predicted octanol–water partition coefficient (Wildman–Crippen LogP) is 13.0. The summed E-state index contributed by atoms with van der Waals surface area (Å²) in [5.41, 5.74) is 18.3. The van der Waals surface area contributed by atoms with Crippen LogP contribution in [-0.4, -0.2) is 0 Å². The molecule has 0 atom stereocenters. The van der Waals surface area contributed by atoms with Crippen molar-refractivity contribution in [1.82, 2.24) is 0 Å². The molecule has 8 aromatic rings. The maximum Gasteiger partial charge on any atom is -0.00171 e. The molecule has 1 aliphatic carbocycles. The van der Waals surface area contributed by atoms with Crippen LogP contribution >= 0.6 is 0 Å². The second-order valence-electron chi connectivity index (χ2n) is 13.2. The fourth-order valence-electron chi connectivity index (χ4n) is 8.03. The molecule has 0 spiro atoms. The van der Waals surface area contributed by atoms with Crippen LogP contribution in [0.15, 0.2) is 133 Å². The standard InChI is InChI=1S/C46H34/c1-27-15-17-36-39(20-27)38(35-23-33(31-11-7-5-8-12-31)22-34(24-35)32-13-9-6-10-14-32)25-41-37-18-16-29(3)45-44-30(4)19-28(2)21-42(44)43(46(37)45)26-40(36)41/h5-26H,1-4H3. The highest BCUT2D eigenvalue weighted by atomic mass is 14.3. The first-order valence-corrected chi connectivity index (χ1v) is 16.3. The highest BCUT2D eigenvalue weighted by molar-refractivity contribution is 6.29. The van der Waals surface area contributed by atoms with Gasteiger partial charge in [0, 0.05) is 0 Å². The summed E-state index contributed by atoms with van der Waals surface area (Å²) in [7, 11) is 0. The van der Waals surface area contributed by atoms with Crippen molar-refractivity contribution < 1.29 is 0 Å². The van der Waals surface area contributed by atoms with Gasteiger partial charge in [-0.1, -0.05) is 114 Å². The summed E-state index contributed by atoms with van der Waals surface area (Å²) in [6.07, 6.45) is 0. The lowest BCUT2D eigenvalue weighted by molar-refractivity contribution is 1.38. The van der Waals surface area contributed by atoms with Gasteiger partial charge < -0.3 is 0 Å². The third kappa shape index (κ3) is 4.00. The van der Waals surface area contributed by atoms with E-state index in [1.54, 1.807) is 0 Å². The lowest BCUT2D eigenvalue weighted by Crippen LogP contribution is -1.91. The molecule has 0 heterocycles. The van der Waals surface area contributed by atoms with E-state index in [0.717, 1.165) is 0 Å². The van der Waals surface area contributed by atoms with E-state index in [0.29, 0.717) is 0 Å². The van der Waals surface area contributed by atoms with Gasteiger partial charge in [-0.3, -0.25) is 0 Å². The van der Waals surface area contributed by atoms with Gasteiger partial charge in [-0.2, -0.15) is 0 Å². The number of benzene rings is 8. The summed E-state index contributed by atoms with van der Waals surface area (Å²) in [5, 5.41) is 7.99. The van der Waals surface area contributed by atoms with Crippen LogP contribution in [0.25, 0.3) is 88.0 Å². The monoisotopic (exact) mass is 586 g/mol. The summed E-state index contributed by atoms with van der Waals surface area (Å²) in [4.78, 5) is 0. The Labute approximate surface area is 270 Å². The SMILES string of the molecule is Cc1cc(C)c2c(c1)-c1cc3c4ccc(C)cc4c(-c4cc(-c5ccccc5)cc(-c5ccccc5)c4)cc3c3ccc(C)c-2c13. The molecule has 0 aromatic heterocycles. The van der Waals surface area contributed by atoms with Crippen LogP contribution in [0, 0.1) is 27.7 Å². The van der Waals surface area contributed by atoms with Gasteiger partial charge in [0.2, 0.25) is 0 Å². The van der Waals surface area contributed by atoms with E-state index in [2.05, 4.69) is 161 Å². The average Bonchev–Trinajstić information content (AvgIpc) is 3.41. The summed E-state index contributed by atoms with van der Waals surface area (Å²) in [6, 6.07) is 50.1. The molecule has 218 valence electrons. The van der Waals surface area contributed by atoms with Crippen LogP contribution in [-0.2, 0) is 0 Å². The largest absolute Gasteiger partial charge is 0.0622 e. The normalized spacial score (nSPS) is 11.9. The molecule has 9 rings (SSSR count). The van der Waals surface area contributed by atoms with Crippen molar-refractivity contribution in [3.8, 4) is 55.6 Å². The Balaban J connectivity index is 1.41. The second-order valence-corrected chi connectivity index (χ2v) is 13.2. The van der Waals surface area contributed by atoms with Gasteiger partial charge in [-0.05, 0) is 157 Å². The maximum absolute atomic E-state index is 2.49. The Hall–Kier alpha value is -5.46. The smallest absolute Gasteiger partial charge is 0.00171 e. The van der Waals surface area contributed by atoms with Crippen LogP contribution in [0.5, 0.6) is 0 Å². The Bertz CT molecular complexity index is 2470. The molecule has 0 bridgehead atoms. The van der Waals surface area contributed by atoms with Gasteiger partial charge in [0.1, 0.15) is 0 Å². The summed E-state index contributed by atoms with van der Waals surface area (Å²) in [5.74, 6) is 0. The van der Waals surface area contributed by atoms with Gasteiger partial charge in [0.25, 0.3) is 0 Å². The predicted molar refractivity (Wildman–Crippen MR) is 199 cm³/mol.